The Morgan fingerprint density at radius 3 is 2.35 bits per heavy atom. The number of nitrogens with zero attached hydrogens (tertiary/aromatic N) is 3. The fourth-order valence-electron chi connectivity index (χ4n) is 4.90. The van der Waals surface area contributed by atoms with Crippen molar-refractivity contribution in [3.8, 4) is 0 Å². The van der Waals surface area contributed by atoms with Gasteiger partial charge in [-0.25, -0.2) is 10.0 Å². The predicted octanol–water partition coefficient (Wildman–Crippen LogP) is 3.26. The lowest BCUT2D eigenvalue weighted by molar-refractivity contribution is -0.128. The average molecular weight is 428 g/mol. The van der Waals surface area contributed by atoms with Gasteiger partial charge in [0.25, 0.3) is 11.8 Å². The van der Waals surface area contributed by atoms with Gasteiger partial charge >= 0.3 is 0 Å². The van der Waals surface area contributed by atoms with E-state index in [1.165, 1.54) is 5.01 Å². The number of unbranched alkanes of at least 4 members (excludes halogenated alkanes) is 1. The van der Waals surface area contributed by atoms with E-state index in [2.05, 4.69) is 50.4 Å². The topological polar surface area (TPSA) is 77.0 Å². The van der Waals surface area contributed by atoms with Crippen LogP contribution in [-0.4, -0.2) is 52.3 Å². The maximum absolute atomic E-state index is 13.7. The number of carbonyl (C=O) groups excluding carboxylic acids is 2. The van der Waals surface area contributed by atoms with Gasteiger partial charge < -0.3 is 10.2 Å². The molecule has 31 heavy (non-hydrogen) atoms. The first-order valence-corrected chi connectivity index (χ1v) is 11.4. The van der Waals surface area contributed by atoms with E-state index in [1.807, 2.05) is 35.2 Å². The number of anilines is 1. The van der Waals surface area contributed by atoms with Crippen molar-refractivity contribution in [1.82, 2.24) is 15.6 Å². The number of hydrazine groups is 1. The standard InChI is InChI=1S/C24H37N5O2/c1-7-8-14-28(19-15-23(3,4)27-24(5,6)16-19)22(31)20-25-17(2)21(30)29(26-20)18-12-10-9-11-13-18/h9-13,17,19,27H,7-8,14-16H2,1-6H3,(H,25,26). The summed E-state index contributed by atoms with van der Waals surface area (Å²) in [6.45, 7) is 13.3. The third-order valence-corrected chi connectivity index (χ3v) is 5.96. The van der Waals surface area contributed by atoms with Crippen LogP contribution in [0.15, 0.2) is 35.3 Å². The largest absolute Gasteiger partial charge is 0.333 e. The Morgan fingerprint density at radius 1 is 1.16 bits per heavy atom. The van der Waals surface area contributed by atoms with Gasteiger partial charge in [-0.15, -0.1) is 0 Å². The second-order valence-electron chi connectivity index (χ2n) is 10.1. The summed E-state index contributed by atoms with van der Waals surface area (Å²) in [4.78, 5) is 32.9. The number of rotatable bonds is 6. The van der Waals surface area contributed by atoms with Crippen LogP contribution in [0.2, 0.25) is 0 Å². The Kier molecular flexibility index (Phi) is 6.74. The fourth-order valence-corrected chi connectivity index (χ4v) is 4.90. The third kappa shape index (κ3) is 5.45. The van der Waals surface area contributed by atoms with E-state index in [9.17, 15) is 9.59 Å². The van der Waals surface area contributed by atoms with Gasteiger partial charge in [-0.1, -0.05) is 31.5 Å². The number of piperidine rings is 1. The highest BCUT2D eigenvalue weighted by molar-refractivity contribution is 6.39. The summed E-state index contributed by atoms with van der Waals surface area (Å²) in [7, 11) is 0. The molecule has 1 aromatic rings. The van der Waals surface area contributed by atoms with E-state index >= 15 is 0 Å². The molecule has 1 atom stereocenters. The monoisotopic (exact) mass is 427 g/mol. The van der Waals surface area contributed by atoms with E-state index in [0.29, 0.717) is 12.2 Å². The third-order valence-electron chi connectivity index (χ3n) is 5.96. The summed E-state index contributed by atoms with van der Waals surface area (Å²) < 4.78 is 0. The van der Waals surface area contributed by atoms with Crippen LogP contribution in [-0.2, 0) is 9.59 Å². The molecule has 0 saturated carbocycles. The SMILES string of the molecule is CCCCN(C(=O)C1=NC(C)C(=O)N(c2ccccc2)N1)C1CC(C)(C)NC(C)(C)C1. The van der Waals surface area contributed by atoms with Crippen LogP contribution in [0.5, 0.6) is 0 Å². The first kappa shape index (κ1) is 23.3. The van der Waals surface area contributed by atoms with Crippen molar-refractivity contribution in [3.63, 3.8) is 0 Å². The number of amides is 2. The summed E-state index contributed by atoms with van der Waals surface area (Å²) in [5, 5.41) is 5.14. The van der Waals surface area contributed by atoms with Crippen molar-refractivity contribution < 1.29 is 9.59 Å². The molecule has 0 spiro atoms. The highest BCUT2D eigenvalue weighted by atomic mass is 16.2. The zero-order chi connectivity index (χ0) is 22.8. The summed E-state index contributed by atoms with van der Waals surface area (Å²) >= 11 is 0. The molecule has 7 heteroatoms. The van der Waals surface area contributed by atoms with Gasteiger partial charge in [0.2, 0.25) is 5.84 Å². The van der Waals surface area contributed by atoms with Gasteiger partial charge in [-0.2, -0.15) is 0 Å². The molecule has 0 aromatic heterocycles. The average Bonchev–Trinajstić information content (AvgIpc) is 2.68. The Hall–Kier alpha value is -2.41. The molecule has 0 bridgehead atoms. The van der Waals surface area contributed by atoms with Crippen molar-refractivity contribution in [2.75, 3.05) is 11.6 Å². The van der Waals surface area contributed by atoms with Crippen LogP contribution in [0.3, 0.4) is 0 Å². The van der Waals surface area contributed by atoms with Gasteiger partial charge in [-0.05, 0) is 66.0 Å². The van der Waals surface area contributed by atoms with Gasteiger partial charge in [0, 0.05) is 23.7 Å². The molecule has 1 fully saturated rings. The van der Waals surface area contributed by atoms with Crippen LogP contribution in [0.4, 0.5) is 5.69 Å². The number of aliphatic imine (C=N–C) groups is 1. The van der Waals surface area contributed by atoms with E-state index in [0.717, 1.165) is 25.7 Å². The van der Waals surface area contributed by atoms with E-state index in [-0.39, 0.29) is 34.8 Å². The predicted molar refractivity (Wildman–Crippen MR) is 125 cm³/mol. The first-order valence-electron chi connectivity index (χ1n) is 11.4. The zero-order valence-corrected chi connectivity index (χ0v) is 19.7. The molecule has 7 nitrogen and oxygen atoms in total. The summed E-state index contributed by atoms with van der Waals surface area (Å²) in [5.74, 6) is -0.0691. The van der Waals surface area contributed by atoms with Crippen molar-refractivity contribution in [2.45, 2.75) is 90.4 Å². The minimum absolute atomic E-state index is 0.0711. The summed E-state index contributed by atoms with van der Waals surface area (Å²) in [6.07, 6.45) is 3.68. The molecular weight excluding hydrogens is 390 g/mol. The van der Waals surface area contributed by atoms with E-state index in [4.69, 9.17) is 0 Å². The second kappa shape index (κ2) is 8.99. The van der Waals surface area contributed by atoms with Gasteiger partial charge in [0.1, 0.15) is 6.04 Å². The van der Waals surface area contributed by atoms with Gasteiger partial charge in [0.05, 0.1) is 5.69 Å². The molecule has 170 valence electrons. The van der Waals surface area contributed by atoms with Crippen LogP contribution in [0.1, 0.15) is 67.2 Å². The van der Waals surface area contributed by atoms with Crippen molar-refractivity contribution in [2.24, 2.45) is 4.99 Å². The fraction of sp³-hybridized carbons (Fsp3) is 0.625. The number of hydrogen-bond donors (Lipinski definition) is 2. The molecule has 2 N–H and O–H groups in total. The smallest absolute Gasteiger partial charge is 0.290 e. The number of nitrogens with one attached hydrogen (secondary N) is 2. The number of hydrogen-bond acceptors (Lipinski definition) is 5. The maximum atomic E-state index is 13.7. The Morgan fingerprint density at radius 2 is 1.77 bits per heavy atom. The minimum atomic E-state index is -0.616. The molecule has 2 aliphatic rings. The Labute approximate surface area is 186 Å². The normalized spacial score (nSPS) is 23.2. The molecule has 2 aliphatic heterocycles. The van der Waals surface area contributed by atoms with Gasteiger partial charge in [-0.3, -0.25) is 15.0 Å². The molecule has 0 radical (unpaired) electrons. The second-order valence-corrected chi connectivity index (χ2v) is 10.1. The van der Waals surface area contributed by atoms with Crippen LogP contribution >= 0.6 is 0 Å². The van der Waals surface area contributed by atoms with Crippen molar-refractivity contribution in [1.29, 1.82) is 0 Å². The molecule has 1 saturated heterocycles. The van der Waals surface area contributed by atoms with Crippen LogP contribution in [0.25, 0.3) is 0 Å². The quantitative estimate of drug-likeness (QED) is 0.731. The Balaban J connectivity index is 1.88. The summed E-state index contributed by atoms with van der Waals surface area (Å²) in [5.41, 5.74) is 3.57. The number of benzene rings is 1. The van der Waals surface area contributed by atoms with Crippen molar-refractivity contribution >= 4 is 23.3 Å². The van der Waals surface area contributed by atoms with Crippen LogP contribution < -0.4 is 15.8 Å². The molecule has 1 unspecified atom stereocenters. The van der Waals surface area contributed by atoms with Crippen LogP contribution in [0, 0.1) is 0 Å². The lowest BCUT2D eigenvalue weighted by Crippen LogP contribution is -2.65. The number of para-hydroxylation sites is 1. The van der Waals surface area contributed by atoms with Crippen molar-refractivity contribution in [3.05, 3.63) is 30.3 Å². The highest BCUT2D eigenvalue weighted by Crippen LogP contribution is 2.32. The lowest BCUT2D eigenvalue weighted by atomic mass is 9.79. The minimum Gasteiger partial charge on any atom is -0.333 e. The number of carbonyl (C=O) groups is 2. The molecule has 1 aromatic carbocycles. The molecule has 3 rings (SSSR count). The zero-order valence-electron chi connectivity index (χ0n) is 19.7. The lowest BCUT2D eigenvalue weighted by Gasteiger charge is -2.49. The Bertz CT molecular complexity index is 818. The maximum Gasteiger partial charge on any atom is 0.290 e. The highest BCUT2D eigenvalue weighted by Gasteiger charge is 2.42. The molecule has 2 amide bonds. The molecule has 0 aliphatic carbocycles. The van der Waals surface area contributed by atoms with E-state index < -0.39 is 6.04 Å². The first-order chi connectivity index (χ1) is 14.5. The number of amidine groups is 1. The molecule has 2 heterocycles. The van der Waals surface area contributed by atoms with E-state index in [1.54, 1.807) is 6.92 Å². The summed E-state index contributed by atoms with van der Waals surface area (Å²) in [6, 6.07) is 8.82. The van der Waals surface area contributed by atoms with Gasteiger partial charge in [0.15, 0.2) is 0 Å². The molecular formula is C24H37N5O2.